The summed E-state index contributed by atoms with van der Waals surface area (Å²) in [5, 5.41) is 0. The Labute approximate surface area is 114 Å². The molecule has 0 spiro atoms. The second-order valence-electron chi connectivity index (χ2n) is 4.75. The second kappa shape index (κ2) is 6.57. The van der Waals surface area contributed by atoms with E-state index in [4.69, 9.17) is 9.47 Å². The quantitative estimate of drug-likeness (QED) is 0.585. The number of nitrogens with zero attached hydrogens (tertiary/aromatic N) is 1. The van der Waals surface area contributed by atoms with Crippen molar-refractivity contribution >= 4 is 6.09 Å². The zero-order valence-corrected chi connectivity index (χ0v) is 11.5. The third kappa shape index (κ3) is 3.47. The van der Waals surface area contributed by atoms with E-state index in [0.717, 1.165) is 12.8 Å². The summed E-state index contributed by atoms with van der Waals surface area (Å²) >= 11 is 0. The van der Waals surface area contributed by atoms with Crippen molar-refractivity contribution in [2.45, 2.75) is 38.5 Å². The van der Waals surface area contributed by atoms with Crippen molar-refractivity contribution in [1.82, 2.24) is 4.90 Å². The molecule has 0 aromatic heterocycles. The lowest BCUT2D eigenvalue weighted by atomic mass is 10.2. The summed E-state index contributed by atoms with van der Waals surface area (Å²) in [6, 6.07) is 10.7. The van der Waals surface area contributed by atoms with Gasteiger partial charge >= 0.3 is 6.09 Å². The smallest absolute Gasteiger partial charge is 0.410 e. The Morgan fingerprint density at radius 1 is 1.26 bits per heavy atom. The molecule has 0 aliphatic carbocycles. The molecule has 1 saturated heterocycles. The number of ether oxygens (including phenoxy) is 2. The highest BCUT2D eigenvalue weighted by atomic mass is 16.5. The number of benzene rings is 1. The van der Waals surface area contributed by atoms with Crippen LogP contribution in [0.5, 0.6) is 0 Å². The van der Waals surface area contributed by atoms with Crippen molar-refractivity contribution in [1.29, 1.82) is 0 Å². The van der Waals surface area contributed by atoms with E-state index in [1.54, 1.807) is 4.90 Å². The number of rotatable bonds is 6. The van der Waals surface area contributed by atoms with Crippen LogP contribution in [0.2, 0.25) is 0 Å². The van der Waals surface area contributed by atoms with E-state index in [0.29, 0.717) is 19.3 Å². The van der Waals surface area contributed by atoms with Crippen LogP contribution < -0.4 is 0 Å². The molecule has 1 heterocycles. The Kier molecular flexibility index (Phi) is 4.80. The maximum Gasteiger partial charge on any atom is 0.410 e. The van der Waals surface area contributed by atoms with Gasteiger partial charge in [0.2, 0.25) is 0 Å². The minimum absolute atomic E-state index is 0.222. The van der Waals surface area contributed by atoms with Gasteiger partial charge in [-0.3, -0.25) is 4.90 Å². The highest BCUT2D eigenvalue weighted by Gasteiger charge is 2.49. The van der Waals surface area contributed by atoms with E-state index in [1.165, 1.54) is 12.7 Å². The summed E-state index contributed by atoms with van der Waals surface area (Å²) in [4.78, 5) is 13.3. The van der Waals surface area contributed by atoms with Gasteiger partial charge in [0.05, 0.1) is 25.8 Å². The van der Waals surface area contributed by atoms with Gasteiger partial charge in [0.25, 0.3) is 0 Å². The van der Waals surface area contributed by atoms with Crippen LogP contribution in [0.3, 0.4) is 0 Å². The third-order valence-corrected chi connectivity index (χ3v) is 3.54. The number of hydrogen-bond acceptors (Lipinski definition) is 3. The maximum absolute atomic E-state index is 11.5. The van der Waals surface area contributed by atoms with Crippen LogP contribution in [0, 0.1) is 0 Å². The summed E-state index contributed by atoms with van der Waals surface area (Å²) in [6.45, 7) is 3.39. The highest BCUT2D eigenvalue weighted by Crippen LogP contribution is 2.34. The molecule has 0 unspecified atom stereocenters. The Hall–Kier alpha value is -1.55. The summed E-state index contributed by atoms with van der Waals surface area (Å²) < 4.78 is 10.4. The molecule has 4 nitrogen and oxygen atoms in total. The molecule has 2 atom stereocenters. The van der Waals surface area contributed by atoms with Crippen molar-refractivity contribution in [2.24, 2.45) is 0 Å². The first-order valence-corrected chi connectivity index (χ1v) is 6.76. The van der Waals surface area contributed by atoms with Crippen LogP contribution in [0.25, 0.3) is 0 Å². The SMILES string of the molecule is CC[C@@H]1[C@H](CCOCc2ccccc2)N1C(=O)OC. The molecule has 2 rings (SSSR count). The van der Waals surface area contributed by atoms with Gasteiger partial charge in [0, 0.05) is 6.61 Å². The number of carbonyl (C=O) groups is 1. The summed E-state index contributed by atoms with van der Waals surface area (Å²) in [7, 11) is 1.43. The fourth-order valence-electron chi connectivity index (χ4n) is 2.48. The Balaban J connectivity index is 1.68. The lowest BCUT2D eigenvalue weighted by molar-refractivity contribution is 0.113. The van der Waals surface area contributed by atoms with E-state index in [9.17, 15) is 4.79 Å². The predicted molar refractivity (Wildman–Crippen MR) is 72.8 cm³/mol. The summed E-state index contributed by atoms with van der Waals surface area (Å²) in [6.07, 6.45) is 1.62. The Morgan fingerprint density at radius 2 is 2.00 bits per heavy atom. The largest absolute Gasteiger partial charge is 0.453 e. The fraction of sp³-hybridized carbons (Fsp3) is 0.533. The van der Waals surface area contributed by atoms with Gasteiger partial charge in [-0.15, -0.1) is 0 Å². The van der Waals surface area contributed by atoms with Crippen LogP contribution in [0.4, 0.5) is 4.79 Å². The minimum atomic E-state index is -0.222. The second-order valence-corrected chi connectivity index (χ2v) is 4.75. The summed E-state index contributed by atoms with van der Waals surface area (Å²) in [5.41, 5.74) is 1.18. The highest BCUT2D eigenvalue weighted by molar-refractivity contribution is 5.71. The van der Waals surface area contributed by atoms with E-state index >= 15 is 0 Å². The first-order valence-electron chi connectivity index (χ1n) is 6.76. The van der Waals surface area contributed by atoms with E-state index < -0.39 is 0 Å². The Bertz CT molecular complexity index is 407. The predicted octanol–water partition coefficient (Wildman–Crippen LogP) is 2.82. The van der Waals surface area contributed by atoms with E-state index in [2.05, 4.69) is 6.92 Å². The van der Waals surface area contributed by atoms with E-state index in [1.807, 2.05) is 30.3 Å². The molecule has 19 heavy (non-hydrogen) atoms. The molecular weight excluding hydrogens is 242 g/mol. The van der Waals surface area contributed by atoms with Crippen LogP contribution in [-0.2, 0) is 16.1 Å². The maximum atomic E-state index is 11.5. The van der Waals surface area contributed by atoms with Gasteiger partial charge in [-0.25, -0.2) is 4.79 Å². The van der Waals surface area contributed by atoms with Gasteiger partial charge in [-0.2, -0.15) is 0 Å². The molecule has 0 bridgehead atoms. The number of amides is 1. The number of carbonyl (C=O) groups excluding carboxylic acids is 1. The van der Waals surface area contributed by atoms with Crippen molar-refractivity contribution < 1.29 is 14.3 Å². The molecule has 1 aliphatic rings. The average molecular weight is 263 g/mol. The summed E-state index contributed by atoms with van der Waals surface area (Å²) in [5.74, 6) is 0. The molecule has 104 valence electrons. The van der Waals surface area contributed by atoms with Gasteiger partial charge in [0.15, 0.2) is 0 Å². The van der Waals surface area contributed by atoms with Crippen molar-refractivity contribution in [3.63, 3.8) is 0 Å². The molecular formula is C15H21NO3. The van der Waals surface area contributed by atoms with Crippen LogP contribution in [0.15, 0.2) is 30.3 Å². The van der Waals surface area contributed by atoms with Gasteiger partial charge in [-0.1, -0.05) is 37.3 Å². The lowest BCUT2D eigenvalue weighted by Crippen LogP contribution is -2.14. The first kappa shape index (κ1) is 13.9. The van der Waals surface area contributed by atoms with Crippen molar-refractivity contribution in [2.75, 3.05) is 13.7 Å². The molecule has 1 amide bonds. The number of hydrogen-bond donors (Lipinski definition) is 0. The molecule has 4 heteroatoms. The third-order valence-electron chi connectivity index (χ3n) is 3.54. The monoisotopic (exact) mass is 263 g/mol. The molecule has 1 aromatic rings. The van der Waals surface area contributed by atoms with Gasteiger partial charge in [0.1, 0.15) is 0 Å². The van der Waals surface area contributed by atoms with Gasteiger partial charge < -0.3 is 9.47 Å². The zero-order chi connectivity index (χ0) is 13.7. The normalized spacial score (nSPS) is 21.3. The van der Waals surface area contributed by atoms with Crippen LogP contribution >= 0.6 is 0 Å². The minimum Gasteiger partial charge on any atom is -0.453 e. The first-order chi connectivity index (χ1) is 9.27. The molecule has 1 fully saturated rings. The van der Waals surface area contributed by atoms with Gasteiger partial charge in [-0.05, 0) is 18.4 Å². The number of methoxy groups -OCH3 is 1. The Morgan fingerprint density at radius 3 is 2.63 bits per heavy atom. The fourth-order valence-corrected chi connectivity index (χ4v) is 2.48. The van der Waals surface area contributed by atoms with E-state index in [-0.39, 0.29) is 12.1 Å². The van der Waals surface area contributed by atoms with Crippen molar-refractivity contribution in [3.8, 4) is 0 Å². The topological polar surface area (TPSA) is 38.5 Å². The molecule has 1 aromatic carbocycles. The van der Waals surface area contributed by atoms with Crippen LogP contribution in [-0.4, -0.2) is 36.8 Å². The average Bonchev–Trinajstić information content (AvgIpc) is 3.17. The van der Waals surface area contributed by atoms with Crippen LogP contribution in [0.1, 0.15) is 25.3 Å². The molecule has 0 N–H and O–H groups in total. The lowest BCUT2D eigenvalue weighted by Gasteiger charge is -2.04. The molecule has 0 saturated carbocycles. The molecule has 0 radical (unpaired) electrons. The molecule has 1 aliphatic heterocycles. The van der Waals surface area contributed by atoms with Crippen molar-refractivity contribution in [3.05, 3.63) is 35.9 Å². The zero-order valence-electron chi connectivity index (χ0n) is 11.5. The standard InChI is InChI=1S/C15H21NO3/c1-3-13-14(16(13)15(17)18-2)9-10-19-11-12-7-5-4-6-8-12/h4-8,13-14H,3,9-11H2,1-2H3/t13-,14+,16?/m1/s1.